The summed E-state index contributed by atoms with van der Waals surface area (Å²) in [6, 6.07) is 15.0. The van der Waals surface area contributed by atoms with Crippen molar-refractivity contribution in [3.63, 3.8) is 0 Å². The Bertz CT molecular complexity index is 2030. The van der Waals surface area contributed by atoms with Gasteiger partial charge in [-0.15, -0.1) is 5.10 Å². The van der Waals surface area contributed by atoms with Crippen molar-refractivity contribution in [3.8, 4) is 23.0 Å². The van der Waals surface area contributed by atoms with Crippen LogP contribution in [0.5, 0.6) is 23.0 Å². The van der Waals surface area contributed by atoms with Gasteiger partial charge in [0.05, 0.1) is 113 Å². The number of guanidine groups is 1. The number of benzene rings is 3. The average Bonchev–Trinajstić information content (AvgIpc) is 3.71. The number of rotatable bonds is 33. The van der Waals surface area contributed by atoms with Crippen molar-refractivity contribution in [1.29, 1.82) is 0 Å². The van der Waals surface area contributed by atoms with Crippen molar-refractivity contribution in [1.82, 2.24) is 25.5 Å². The van der Waals surface area contributed by atoms with Gasteiger partial charge in [-0.1, -0.05) is 17.3 Å². The van der Waals surface area contributed by atoms with Crippen molar-refractivity contribution < 1.29 is 62.6 Å². The average molecular weight is 1370 g/mol. The first-order valence-electron chi connectivity index (χ1n) is 20.9. The fraction of sp³-hybridized carbons (Fsp3) is 0.463. The molecule has 1 aromatic heterocycles. The second-order valence-electron chi connectivity index (χ2n) is 14.0. The van der Waals surface area contributed by atoms with Crippen LogP contribution in [0.25, 0.3) is 0 Å². The minimum Gasteiger partial charge on any atom is -0.491 e. The van der Waals surface area contributed by atoms with Gasteiger partial charge in [-0.05, 0) is 152 Å². The highest BCUT2D eigenvalue weighted by molar-refractivity contribution is 14.1. The van der Waals surface area contributed by atoms with Gasteiger partial charge in [0.1, 0.15) is 36.2 Å². The molecule has 0 saturated heterocycles. The van der Waals surface area contributed by atoms with Gasteiger partial charge < -0.3 is 68.3 Å². The Morgan fingerprint density at radius 2 is 1.20 bits per heavy atom. The van der Waals surface area contributed by atoms with Gasteiger partial charge in [0, 0.05) is 6.54 Å². The smallest absolute Gasteiger partial charge is 0.431 e. The molecular weight excluding hydrogens is 1310 g/mol. The van der Waals surface area contributed by atoms with Crippen molar-refractivity contribution in [2.75, 3.05) is 85.9 Å². The molecule has 0 atom stereocenters. The third kappa shape index (κ3) is 23.3. The zero-order valence-corrected chi connectivity index (χ0v) is 45.2. The predicted octanol–water partition coefficient (Wildman–Crippen LogP) is 5.13. The Kier molecular flexibility index (Phi) is 27.7. The molecule has 0 aliphatic carbocycles. The van der Waals surface area contributed by atoms with Crippen LogP contribution in [0.3, 0.4) is 0 Å². The molecular formula is C41H54B2I4N6O13. The summed E-state index contributed by atoms with van der Waals surface area (Å²) in [4.78, 5) is 15.1. The van der Waals surface area contributed by atoms with E-state index in [1.165, 1.54) is 6.82 Å². The third-order valence-corrected chi connectivity index (χ3v) is 11.6. The number of ether oxygens (including phenoxy) is 9. The van der Waals surface area contributed by atoms with Crippen LogP contribution in [0.1, 0.15) is 16.8 Å². The molecule has 0 fully saturated rings. The van der Waals surface area contributed by atoms with E-state index in [0.717, 1.165) is 36.9 Å². The number of aromatic nitrogens is 3. The number of carboxylic acid groups (broad SMARTS) is 1. The van der Waals surface area contributed by atoms with Gasteiger partial charge in [-0.3, -0.25) is 9.70 Å². The summed E-state index contributed by atoms with van der Waals surface area (Å²) in [5.74, 6) is 2.21. The maximum atomic E-state index is 11.1. The number of nitrogens with zero attached hydrogens (tertiary/aromatic N) is 4. The first-order valence-corrected chi connectivity index (χ1v) is 25.2. The standard InChI is InChI=1S/C41H54B2I4N6O13/c1-42(56)49-41(50-43(2)57)48-26-29-3-5-32(6-4-29)64-20-19-63-18-17-62-16-15-61-14-13-60-12-11-59-10-9-58-8-7-53-27-31(51-52-53)28-65-39-36(46)24-33(25-37(39)47)66-40-34(44)21-30(22-35(40)45)23-38(54)55/h3-6,21-22,24-25,27,56-57H,7-20,23,26,28H2,1-2H3,(H,54,55)(H2,48,49,50). The zero-order chi connectivity index (χ0) is 47.5. The highest BCUT2D eigenvalue weighted by Crippen LogP contribution is 2.37. The summed E-state index contributed by atoms with van der Waals surface area (Å²) in [5.41, 5.74) is 2.39. The van der Waals surface area contributed by atoms with Gasteiger partial charge in [0.15, 0.2) is 11.7 Å². The quantitative estimate of drug-likeness (QED) is 0.0137. The number of nitrogens with one attached hydrogen (secondary N) is 2. The van der Waals surface area contributed by atoms with Gasteiger partial charge in [-0.25, -0.2) is 4.68 Å². The van der Waals surface area contributed by atoms with Crippen LogP contribution in [-0.2, 0) is 59.3 Å². The van der Waals surface area contributed by atoms with Crippen LogP contribution in [-0.4, -0.2) is 142 Å². The number of aliphatic carboxylic acids is 1. The van der Waals surface area contributed by atoms with Crippen molar-refractivity contribution >= 4 is 116 Å². The summed E-state index contributed by atoms with van der Waals surface area (Å²) >= 11 is 8.76. The first-order chi connectivity index (χ1) is 31.9. The molecule has 4 rings (SSSR count). The molecule has 5 N–H and O–H groups in total. The molecule has 3 aromatic carbocycles. The maximum Gasteiger partial charge on any atom is 0.431 e. The van der Waals surface area contributed by atoms with Gasteiger partial charge in [0.25, 0.3) is 0 Å². The Balaban J connectivity index is 0.920. The lowest BCUT2D eigenvalue weighted by Crippen LogP contribution is -2.45. The van der Waals surface area contributed by atoms with E-state index in [4.69, 9.17) is 47.7 Å². The van der Waals surface area contributed by atoms with Gasteiger partial charge >= 0.3 is 20.1 Å². The summed E-state index contributed by atoms with van der Waals surface area (Å²) in [7, 11) is -1.71. The number of carboxylic acids is 1. The second kappa shape index (κ2) is 32.5. The lowest BCUT2D eigenvalue weighted by Gasteiger charge is -2.15. The molecule has 0 spiro atoms. The van der Waals surface area contributed by atoms with Crippen molar-refractivity contribution in [2.45, 2.75) is 39.8 Å². The first kappa shape index (κ1) is 56.3. The Hall–Kier alpha value is -2.33. The molecule has 4 aromatic rings. The molecule has 0 bridgehead atoms. The lowest BCUT2D eigenvalue weighted by atomic mass is 9.88. The molecule has 0 saturated carbocycles. The topological polar surface area (TPSA) is 228 Å². The van der Waals surface area contributed by atoms with E-state index in [0.29, 0.717) is 122 Å². The van der Waals surface area contributed by atoms with Crippen molar-refractivity contribution in [3.05, 3.63) is 85.8 Å². The van der Waals surface area contributed by atoms with Crippen LogP contribution >= 0.6 is 90.4 Å². The normalized spacial score (nSPS) is 11.4. The highest BCUT2D eigenvalue weighted by Gasteiger charge is 2.16. The van der Waals surface area contributed by atoms with Crippen LogP contribution in [0.2, 0.25) is 13.6 Å². The summed E-state index contributed by atoms with van der Waals surface area (Å²) in [5, 5.41) is 42.4. The Morgan fingerprint density at radius 1 is 0.682 bits per heavy atom. The van der Waals surface area contributed by atoms with Crippen LogP contribution in [0.15, 0.2) is 59.6 Å². The maximum absolute atomic E-state index is 11.1. The summed E-state index contributed by atoms with van der Waals surface area (Å²) in [6.07, 6.45) is 1.79. The largest absolute Gasteiger partial charge is 0.491 e. The predicted molar refractivity (Wildman–Crippen MR) is 281 cm³/mol. The van der Waals surface area contributed by atoms with E-state index >= 15 is 0 Å². The number of hydrogen-bond donors (Lipinski definition) is 5. The number of carbonyl (C=O) groups is 1. The summed E-state index contributed by atoms with van der Waals surface area (Å²) < 4.78 is 56.7. The molecule has 66 heavy (non-hydrogen) atoms. The van der Waals surface area contributed by atoms with Gasteiger partial charge in [-0.2, -0.15) is 0 Å². The van der Waals surface area contributed by atoms with E-state index in [9.17, 15) is 14.8 Å². The molecule has 1 heterocycles. The molecule has 0 unspecified atom stereocenters. The van der Waals surface area contributed by atoms with Crippen LogP contribution in [0.4, 0.5) is 0 Å². The van der Waals surface area contributed by atoms with E-state index in [1.807, 2.05) is 54.7 Å². The van der Waals surface area contributed by atoms with Gasteiger partial charge in [0.2, 0.25) is 0 Å². The fourth-order valence-corrected chi connectivity index (χ4v) is 9.62. The van der Waals surface area contributed by atoms with Crippen LogP contribution in [0, 0.1) is 14.3 Å². The Labute approximate surface area is 439 Å². The molecule has 0 aliphatic rings. The Morgan fingerprint density at radius 3 is 1.71 bits per heavy atom. The zero-order valence-electron chi connectivity index (χ0n) is 36.6. The highest BCUT2D eigenvalue weighted by atomic mass is 127. The van der Waals surface area contributed by atoms with Crippen LogP contribution < -0.4 is 24.8 Å². The number of hydrogen-bond acceptors (Lipinski definition) is 15. The minimum atomic E-state index is -0.901. The lowest BCUT2D eigenvalue weighted by molar-refractivity contribution is -0.136. The van der Waals surface area contributed by atoms with E-state index in [2.05, 4.69) is 116 Å². The molecule has 0 aliphatic heterocycles. The molecule has 360 valence electrons. The van der Waals surface area contributed by atoms with E-state index in [1.54, 1.807) is 11.5 Å². The molecule has 19 nitrogen and oxygen atoms in total. The monoisotopic (exact) mass is 1370 g/mol. The molecule has 0 radical (unpaired) electrons. The van der Waals surface area contributed by atoms with E-state index < -0.39 is 20.1 Å². The van der Waals surface area contributed by atoms with E-state index in [-0.39, 0.29) is 13.0 Å². The second-order valence-corrected chi connectivity index (χ2v) is 18.6. The number of halogens is 4. The minimum absolute atomic E-state index is 0.0426. The van der Waals surface area contributed by atoms with Crippen molar-refractivity contribution in [2.24, 2.45) is 4.90 Å². The molecule has 0 amide bonds. The SMILES string of the molecule is CB(O)/N=C(/NCc1ccc(OCCOCCOCCOCCOCCOCCOCCn2cc(COc3c(I)cc(Oc4c(I)cc(CC(=O)O)cc4I)cc3I)nn2)cc1)NB(C)O. The molecule has 25 heteroatoms. The fourth-order valence-electron chi connectivity index (χ4n) is 5.48. The third-order valence-electron chi connectivity index (χ3n) is 8.42. The summed E-state index contributed by atoms with van der Waals surface area (Å²) in [6.45, 7) is 10.2.